The molecular weight excluding hydrogens is 575 g/mol. The van der Waals surface area contributed by atoms with Crippen molar-refractivity contribution in [1.82, 2.24) is 15.3 Å². The van der Waals surface area contributed by atoms with Gasteiger partial charge in [0.1, 0.15) is 11.6 Å². The molecule has 3 aromatic carbocycles. The molecule has 12 heteroatoms. The monoisotopic (exact) mass is 612 g/mol. The molecule has 1 aliphatic heterocycles. The van der Waals surface area contributed by atoms with Crippen molar-refractivity contribution < 1.29 is 18.7 Å². The van der Waals surface area contributed by atoms with Crippen molar-refractivity contribution in [3.8, 4) is 11.4 Å². The van der Waals surface area contributed by atoms with Gasteiger partial charge < -0.3 is 36.3 Å². The molecule has 234 valence electrons. The molecule has 5 rings (SSSR count). The number of benzene rings is 3. The van der Waals surface area contributed by atoms with Crippen LogP contribution in [0, 0.1) is 11.2 Å². The third-order valence-electron chi connectivity index (χ3n) is 7.73. The number of anilines is 4. The Bertz CT molecular complexity index is 1720. The normalized spacial score (nSPS) is 14.5. The quantitative estimate of drug-likeness (QED) is 0.155. The lowest BCUT2D eigenvalue weighted by Gasteiger charge is -2.29. The Kier molecular flexibility index (Phi) is 9.65. The Labute approximate surface area is 261 Å². The first-order valence-corrected chi connectivity index (χ1v) is 14.7. The van der Waals surface area contributed by atoms with Crippen LogP contribution in [0.1, 0.15) is 32.3 Å². The van der Waals surface area contributed by atoms with Gasteiger partial charge in [0.15, 0.2) is 5.82 Å². The summed E-state index contributed by atoms with van der Waals surface area (Å²) in [5.74, 6) is 0.246. The highest BCUT2D eigenvalue weighted by atomic mass is 19.1. The van der Waals surface area contributed by atoms with Gasteiger partial charge in [-0.25, -0.2) is 19.2 Å². The van der Waals surface area contributed by atoms with E-state index >= 15 is 0 Å². The molecule has 4 aromatic rings. The van der Waals surface area contributed by atoms with E-state index in [2.05, 4.69) is 39.2 Å². The van der Waals surface area contributed by atoms with Gasteiger partial charge in [0.05, 0.1) is 24.4 Å². The second-order valence-corrected chi connectivity index (χ2v) is 11.0. The standard InChI is InChI=1S/C33H37FN8O3/c1-19(35)30(20(2)36-4)23-7-11-26-29(17-23)39-31(41-32(26)42-13-15-45-16-14-42)22-5-8-24(9-6-22)38-33(44)40-28-12-10-25(18-27(28)34)37-21(3)43/h5-12,17-18,20,30,35-36H,13-16H2,1-4H3,(H,37,43)(H2,38,40,44). The van der Waals surface area contributed by atoms with E-state index in [1.54, 1.807) is 12.1 Å². The van der Waals surface area contributed by atoms with E-state index in [0.717, 1.165) is 33.9 Å². The number of nitrogens with one attached hydrogen (secondary N) is 5. The maximum Gasteiger partial charge on any atom is 0.323 e. The van der Waals surface area contributed by atoms with E-state index in [-0.39, 0.29) is 23.6 Å². The molecule has 11 nitrogen and oxygen atoms in total. The maximum atomic E-state index is 14.5. The minimum absolute atomic E-state index is 0.0256. The van der Waals surface area contributed by atoms with Crippen LogP contribution >= 0.6 is 0 Å². The summed E-state index contributed by atoms with van der Waals surface area (Å²) in [4.78, 5) is 35.9. The molecule has 5 N–H and O–H groups in total. The second-order valence-electron chi connectivity index (χ2n) is 11.0. The lowest BCUT2D eigenvalue weighted by Crippen LogP contribution is -2.37. The smallest absolute Gasteiger partial charge is 0.323 e. The predicted octanol–water partition coefficient (Wildman–Crippen LogP) is 5.61. The minimum atomic E-state index is -0.679. The Balaban J connectivity index is 1.41. The number of ether oxygens (including phenoxy) is 1. The van der Waals surface area contributed by atoms with E-state index in [0.29, 0.717) is 49.2 Å². The van der Waals surface area contributed by atoms with Gasteiger partial charge in [-0.2, -0.15) is 0 Å². The highest BCUT2D eigenvalue weighted by molar-refractivity contribution is 6.00. The molecule has 1 aromatic heterocycles. The van der Waals surface area contributed by atoms with Crippen LogP contribution < -0.4 is 26.2 Å². The number of hydrogen-bond donors (Lipinski definition) is 5. The summed E-state index contributed by atoms with van der Waals surface area (Å²) in [6, 6.07) is 16.7. The fraction of sp³-hybridized carbons (Fsp3) is 0.303. The number of urea groups is 1. The zero-order valence-corrected chi connectivity index (χ0v) is 25.7. The topological polar surface area (TPSA) is 144 Å². The first kappa shape index (κ1) is 31.5. The molecule has 1 aliphatic rings. The van der Waals surface area contributed by atoms with Crippen molar-refractivity contribution in [3.05, 3.63) is 72.0 Å². The third-order valence-corrected chi connectivity index (χ3v) is 7.73. The van der Waals surface area contributed by atoms with Gasteiger partial charge in [-0.05, 0) is 81.1 Å². The summed E-state index contributed by atoms with van der Waals surface area (Å²) in [7, 11) is 1.89. The zero-order chi connectivity index (χ0) is 32.1. The molecule has 0 aliphatic carbocycles. The summed E-state index contributed by atoms with van der Waals surface area (Å²) < 4.78 is 20.0. The Morgan fingerprint density at radius 1 is 0.933 bits per heavy atom. The molecule has 2 heterocycles. The van der Waals surface area contributed by atoms with Crippen LogP contribution in [0.15, 0.2) is 60.7 Å². The molecular formula is C33H37FN8O3. The summed E-state index contributed by atoms with van der Waals surface area (Å²) in [6.45, 7) is 7.85. The first-order chi connectivity index (χ1) is 21.6. The summed E-state index contributed by atoms with van der Waals surface area (Å²) >= 11 is 0. The van der Waals surface area contributed by atoms with Crippen molar-refractivity contribution in [2.24, 2.45) is 0 Å². The number of carbonyl (C=O) groups excluding carboxylic acids is 2. The molecule has 3 amide bonds. The molecule has 0 bridgehead atoms. The van der Waals surface area contributed by atoms with E-state index in [4.69, 9.17) is 20.1 Å². The van der Waals surface area contributed by atoms with Crippen LogP contribution in [0.5, 0.6) is 0 Å². The number of carbonyl (C=O) groups is 2. The van der Waals surface area contributed by atoms with Crippen molar-refractivity contribution >= 4 is 51.4 Å². The molecule has 0 spiro atoms. The average Bonchev–Trinajstić information content (AvgIpc) is 3.02. The van der Waals surface area contributed by atoms with Crippen LogP contribution in [-0.2, 0) is 9.53 Å². The van der Waals surface area contributed by atoms with Crippen LogP contribution in [-0.4, -0.2) is 67.0 Å². The van der Waals surface area contributed by atoms with Crippen LogP contribution in [0.4, 0.5) is 32.1 Å². The maximum absolute atomic E-state index is 14.5. The highest BCUT2D eigenvalue weighted by Crippen LogP contribution is 2.32. The van der Waals surface area contributed by atoms with Gasteiger partial charge in [0, 0.05) is 60.0 Å². The number of nitrogens with zero attached hydrogens (tertiary/aromatic N) is 3. The minimum Gasteiger partial charge on any atom is -0.378 e. The van der Waals surface area contributed by atoms with Crippen molar-refractivity contribution in [3.63, 3.8) is 0 Å². The van der Waals surface area contributed by atoms with Gasteiger partial charge in [0.2, 0.25) is 5.91 Å². The van der Waals surface area contributed by atoms with Crippen molar-refractivity contribution in [2.45, 2.75) is 32.7 Å². The molecule has 1 fully saturated rings. The van der Waals surface area contributed by atoms with Crippen molar-refractivity contribution in [1.29, 1.82) is 5.41 Å². The van der Waals surface area contributed by atoms with Crippen LogP contribution in [0.25, 0.3) is 22.3 Å². The van der Waals surface area contributed by atoms with Gasteiger partial charge >= 0.3 is 6.03 Å². The first-order valence-electron chi connectivity index (χ1n) is 14.7. The Hall–Kier alpha value is -4.94. The van der Waals surface area contributed by atoms with Crippen LogP contribution in [0.3, 0.4) is 0 Å². The second kappa shape index (κ2) is 13.8. The number of likely N-dealkylation sites (N-methyl/N-ethyl adjacent to an activating group) is 1. The fourth-order valence-electron chi connectivity index (χ4n) is 5.43. The summed E-state index contributed by atoms with van der Waals surface area (Å²) in [5, 5.41) is 20.3. The molecule has 0 radical (unpaired) electrons. The number of rotatable bonds is 9. The SMILES string of the molecule is CNC(C)C(C(C)=N)c1ccc2c(N3CCOCC3)nc(-c3ccc(NC(=O)Nc4ccc(NC(C)=O)cc4F)cc3)nc2c1. The number of morpholine rings is 1. The van der Waals surface area contributed by atoms with Crippen molar-refractivity contribution in [2.75, 3.05) is 54.2 Å². The van der Waals surface area contributed by atoms with Gasteiger partial charge in [0.25, 0.3) is 0 Å². The lowest BCUT2D eigenvalue weighted by atomic mass is 9.88. The molecule has 2 atom stereocenters. The van der Waals surface area contributed by atoms with E-state index in [1.165, 1.54) is 19.1 Å². The molecule has 0 saturated carbocycles. The number of aromatic nitrogens is 2. The van der Waals surface area contributed by atoms with Crippen LogP contribution in [0.2, 0.25) is 0 Å². The molecule has 2 unspecified atom stereocenters. The molecule has 1 saturated heterocycles. The van der Waals surface area contributed by atoms with Gasteiger partial charge in [-0.3, -0.25) is 4.79 Å². The fourth-order valence-corrected chi connectivity index (χ4v) is 5.43. The Morgan fingerprint density at radius 3 is 2.29 bits per heavy atom. The summed E-state index contributed by atoms with van der Waals surface area (Å²) in [6.07, 6.45) is 0. The van der Waals surface area contributed by atoms with E-state index in [9.17, 15) is 14.0 Å². The van der Waals surface area contributed by atoms with Gasteiger partial charge in [-0.15, -0.1) is 0 Å². The van der Waals surface area contributed by atoms with E-state index in [1.807, 2.05) is 38.2 Å². The lowest BCUT2D eigenvalue weighted by molar-refractivity contribution is -0.114. The Morgan fingerprint density at radius 2 is 1.64 bits per heavy atom. The highest BCUT2D eigenvalue weighted by Gasteiger charge is 2.23. The number of fused-ring (bicyclic) bond motifs is 1. The predicted molar refractivity (Wildman–Crippen MR) is 176 cm³/mol. The average molecular weight is 613 g/mol. The van der Waals surface area contributed by atoms with E-state index < -0.39 is 11.8 Å². The number of hydrogen-bond acceptors (Lipinski definition) is 8. The molecule has 45 heavy (non-hydrogen) atoms. The van der Waals surface area contributed by atoms with Gasteiger partial charge in [-0.1, -0.05) is 6.07 Å². The summed E-state index contributed by atoms with van der Waals surface area (Å²) in [5.41, 5.74) is 3.86. The third kappa shape index (κ3) is 7.41. The number of halogens is 1. The largest absolute Gasteiger partial charge is 0.378 e. The zero-order valence-electron chi connectivity index (χ0n) is 25.7. The number of amides is 3.